The number of hydrogen-bond donors (Lipinski definition) is 0. The Morgan fingerprint density at radius 2 is 2.03 bits per heavy atom. The van der Waals surface area contributed by atoms with Crippen molar-refractivity contribution in [1.29, 1.82) is 0 Å². The smallest absolute Gasteiger partial charge is 0.311 e. The first-order chi connectivity index (χ1) is 14.1. The SMILES string of the molecule is Cn1ncc2c1ncn1nc(-c3ccn(COc4ccccc4[N+](=O)[O-])n3)nc21. The van der Waals surface area contributed by atoms with Crippen molar-refractivity contribution in [3.63, 3.8) is 0 Å². The van der Waals surface area contributed by atoms with E-state index in [1.807, 2.05) is 7.05 Å². The summed E-state index contributed by atoms with van der Waals surface area (Å²) in [4.78, 5) is 19.5. The van der Waals surface area contributed by atoms with E-state index in [0.29, 0.717) is 22.8 Å². The first-order valence-corrected chi connectivity index (χ1v) is 8.53. The second-order valence-electron chi connectivity index (χ2n) is 6.19. The second kappa shape index (κ2) is 6.37. The Hall–Kier alpha value is -4.35. The monoisotopic (exact) mass is 391 g/mol. The molecule has 12 nitrogen and oxygen atoms in total. The van der Waals surface area contributed by atoms with Crippen LogP contribution in [0.2, 0.25) is 0 Å². The van der Waals surface area contributed by atoms with Gasteiger partial charge in [0.25, 0.3) is 0 Å². The van der Waals surface area contributed by atoms with Crippen LogP contribution in [0.5, 0.6) is 5.75 Å². The highest BCUT2D eigenvalue weighted by atomic mass is 16.6. The molecule has 5 rings (SSSR count). The first-order valence-electron chi connectivity index (χ1n) is 8.53. The van der Waals surface area contributed by atoms with Gasteiger partial charge in [0, 0.05) is 19.3 Å². The van der Waals surface area contributed by atoms with Crippen molar-refractivity contribution >= 4 is 22.4 Å². The molecule has 0 radical (unpaired) electrons. The van der Waals surface area contributed by atoms with E-state index in [4.69, 9.17) is 4.74 Å². The number of ether oxygens (including phenoxy) is 1. The molecule has 0 aliphatic carbocycles. The molecule has 0 aliphatic heterocycles. The van der Waals surface area contributed by atoms with Gasteiger partial charge in [0.2, 0.25) is 5.82 Å². The van der Waals surface area contributed by atoms with Gasteiger partial charge in [-0.15, -0.1) is 5.10 Å². The summed E-state index contributed by atoms with van der Waals surface area (Å²) in [5.41, 5.74) is 1.77. The normalized spacial score (nSPS) is 11.3. The number of fused-ring (bicyclic) bond motifs is 3. The van der Waals surface area contributed by atoms with E-state index in [1.165, 1.54) is 10.7 Å². The molecular formula is C17H13N9O3. The summed E-state index contributed by atoms with van der Waals surface area (Å²) in [5.74, 6) is 0.595. The van der Waals surface area contributed by atoms with Crippen LogP contribution in [0.4, 0.5) is 5.69 Å². The predicted molar refractivity (Wildman–Crippen MR) is 100.0 cm³/mol. The van der Waals surface area contributed by atoms with Crippen molar-refractivity contribution in [2.24, 2.45) is 7.05 Å². The third kappa shape index (κ3) is 2.82. The summed E-state index contributed by atoms with van der Waals surface area (Å²) >= 11 is 0. The van der Waals surface area contributed by atoms with Crippen molar-refractivity contribution in [2.75, 3.05) is 0 Å². The molecule has 0 N–H and O–H groups in total. The maximum absolute atomic E-state index is 11.1. The number of benzene rings is 1. The number of hydrogen-bond acceptors (Lipinski definition) is 8. The zero-order valence-corrected chi connectivity index (χ0v) is 15.1. The molecule has 0 aliphatic rings. The lowest BCUT2D eigenvalue weighted by atomic mass is 10.3. The van der Waals surface area contributed by atoms with Crippen LogP contribution in [0.3, 0.4) is 0 Å². The number of rotatable bonds is 5. The molecule has 5 aromatic rings. The molecule has 0 saturated carbocycles. The number of aromatic nitrogens is 8. The van der Waals surface area contributed by atoms with Gasteiger partial charge in [-0.25, -0.2) is 19.2 Å². The molecule has 0 amide bonds. The molecule has 1 aromatic carbocycles. The van der Waals surface area contributed by atoms with Crippen LogP contribution in [0.15, 0.2) is 49.1 Å². The Bertz CT molecular complexity index is 1370. The Morgan fingerprint density at radius 3 is 2.90 bits per heavy atom. The first kappa shape index (κ1) is 16.8. The molecule has 0 bridgehead atoms. The van der Waals surface area contributed by atoms with Crippen LogP contribution in [-0.2, 0) is 13.8 Å². The van der Waals surface area contributed by atoms with Gasteiger partial charge in [-0.05, 0) is 12.1 Å². The lowest BCUT2D eigenvalue weighted by molar-refractivity contribution is -0.386. The summed E-state index contributed by atoms with van der Waals surface area (Å²) in [6, 6.07) is 7.92. The van der Waals surface area contributed by atoms with Crippen LogP contribution >= 0.6 is 0 Å². The number of para-hydroxylation sites is 2. The zero-order chi connectivity index (χ0) is 20.0. The molecule has 12 heteroatoms. The van der Waals surface area contributed by atoms with Crippen molar-refractivity contribution in [2.45, 2.75) is 6.73 Å². The number of nitro groups is 1. The maximum Gasteiger partial charge on any atom is 0.311 e. The molecule has 0 fully saturated rings. The largest absolute Gasteiger partial charge is 0.464 e. The minimum atomic E-state index is -0.488. The van der Waals surface area contributed by atoms with Gasteiger partial charge >= 0.3 is 5.69 Å². The second-order valence-corrected chi connectivity index (χ2v) is 6.19. The third-order valence-electron chi connectivity index (χ3n) is 4.35. The van der Waals surface area contributed by atoms with Crippen LogP contribution in [0, 0.1) is 10.1 Å². The van der Waals surface area contributed by atoms with Gasteiger partial charge in [-0.1, -0.05) is 12.1 Å². The number of aryl methyl sites for hydroxylation is 1. The van der Waals surface area contributed by atoms with E-state index in [-0.39, 0.29) is 18.2 Å². The molecule has 0 atom stereocenters. The summed E-state index contributed by atoms with van der Waals surface area (Å²) in [5, 5.41) is 24.9. The summed E-state index contributed by atoms with van der Waals surface area (Å²) in [7, 11) is 1.81. The summed E-state index contributed by atoms with van der Waals surface area (Å²) in [6.45, 7) is 0.00658. The van der Waals surface area contributed by atoms with Gasteiger partial charge in [0.15, 0.2) is 23.8 Å². The lowest BCUT2D eigenvalue weighted by Crippen LogP contribution is -2.07. The molecule has 144 valence electrons. The van der Waals surface area contributed by atoms with Gasteiger partial charge in [0.05, 0.1) is 16.5 Å². The Labute approximate surface area is 162 Å². The summed E-state index contributed by atoms with van der Waals surface area (Å²) in [6.07, 6.45) is 4.95. The van der Waals surface area contributed by atoms with Crippen LogP contribution in [0.25, 0.3) is 28.2 Å². The average molecular weight is 391 g/mol. The van der Waals surface area contributed by atoms with Gasteiger partial charge in [0.1, 0.15) is 12.0 Å². The Morgan fingerprint density at radius 1 is 1.17 bits per heavy atom. The van der Waals surface area contributed by atoms with Crippen molar-refractivity contribution in [3.8, 4) is 17.3 Å². The van der Waals surface area contributed by atoms with Crippen molar-refractivity contribution < 1.29 is 9.66 Å². The minimum absolute atomic E-state index is 0.00658. The van der Waals surface area contributed by atoms with Crippen LogP contribution < -0.4 is 4.74 Å². The molecule has 4 heterocycles. The van der Waals surface area contributed by atoms with Gasteiger partial charge in [-0.2, -0.15) is 10.2 Å². The van der Waals surface area contributed by atoms with Crippen molar-refractivity contribution in [1.82, 2.24) is 39.1 Å². The van der Waals surface area contributed by atoms with E-state index in [2.05, 4.69) is 25.3 Å². The topological polar surface area (TPSA) is 131 Å². The average Bonchev–Trinajstić information content (AvgIpc) is 3.44. The highest BCUT2D eigenvalue weighted by Gasteiger charge is 2.16. The predicted octanol–water partition coefficient (Wildman–Crippen LogP) is 1.82. The van der Waals surface area contributed by atoms with Crippen LogP contribution in [-0.4, -0.2) is 44.1 Å². The summed E-state index contributed by atoms with van der Waals surface area (Å²) < 4.78 is 10.3. The fourth-order valence-corrected chi connectivity index (χ4v) is 2.97. The molecule has 4 aromatic heterocycles. The highest BCUT2D eigenvalue weighted by Crippen LogP contribution is 2.26. The Kier molecular flexibility index (Phi) is 3.69. The van der Waals surface area contributed by atoms with E-state index < -0.39 is 4.92 Å². The number of nitrogens with zero attached hydrogens (tertiary/aromatic N) is 9. The highest BCUT2D eigenvalue weighted by molar-refractivity contribution is 5.88. The lowest BCUT2D eigenvalue weighted by Gasteiger charge is -2.06. The molecular weight excluding hydrogens is 378 g/mol. The Balaban J connectivity index is 1.42. The quantitative estimate of drug-likeness (QED) is 0.327. The van der Waals surface area contributed by atoms with Crippen LogP contribution in [0.1, 0.15) is 0 Å². The molecule has 0 spiro atoms. The molecule has 0 unspecified atom stereocenters. The van der Waals surface area contributed by atoms with Crippen molar-refractivity contribution in [3.05, 3.63) is 59.2 Å². The van der Waals surface area contributed by atoms with E-state index in [9.17, 15) is 10.1 Å². The van der Waals surface area contributed by atoms with E-state index in [0.717, 1.165) is 5.39 Å². The number of nitro benzene ring substituents is 1. The maximum atomic E-state index is 11.1. The van der Waals surface area contributed by atoms with Gasteiger partial charge in [-0.3, -0.25) is 14.8 Å². The van der Waals surface area contributed by atoms with E-state index >= 15 is 0 Å². The zero-order valence-electron chi connectivity index (χ0n) is 15.1. The third-order valence-corrected chi connectivity index (χ3v) is 4.35. The fourth-order valence-electron chi connectivity index (χ4n) is 2.97. The molecule has 29 heavy (non-hydrogen) atoms. The van der Waals surface area contributed by atoms with Gasteiger partial charge < -0.3 is 4.74 Å². The van der Waals surface area contributed by atoms with E-state index in [1.54, 1.807) is 52.2 Å². The standard InChI is InChI=1S/C17H13N9O3/c1-23-16-11(8-19-23)17-20-15(22-25(17)9-18-16)12-6-7-24(21-12)10-29-14-5-3-2-4-13(14)26(27)28/h2-9H,10H2,1H3. The molecule has 0 saturated heterocycles. The fraction of sp³-hybridized carbons (Fsp3) is 0.118. The minimum Gasteiger partial charge on any atom is -0.464 e.